The van der Waals surface area contributed by atoms with Crippen molar-refractivity contribution in [3.05, 3.63) is 65.7 Å². The minimum atomic E-state index is -4.98. The van der Waals surface area contributed by atoms with Gasteiger partial charge in [-0.05, 0) is 62.3 Å². The molecule has 1 aromatic carbocycles. The molecule has 4 bridgehead atoms. The van der Waals surface area contributed by atoms with Crippen molar-refractivity contribution in [2.45, 2.75) is 50.1 Å². The van der Waals surface area contributed by atoms with Crippen LogP contribution < -0.4 is 9.62 Å². The maximum atomic E-state index is 14.1. The SMILES string of the molecule is [2H]C([2H])(CCC(C)=O)N1CCC([2H])([2H])C([2H])([2H])c2ccccc2-c2nc(ccc2C(F)(F)F)NS(=O)(=O)c2cccc1n2. The Labute approximate surface area is 222 Å². The number of aryl methyl sites for hydroxylation is 1. The van der Waals surface area contributed by atoms with Crippen LogP contribution in [0.1, 0.15) is 51.9 Å². The summed E-state index contributed by atoms with van der Waals surface area (Å²) in [6, 6.07) is 9.87. The molecular formula is C26H27F3N4O3S. The first-order valence-corrected chi connectivity index (χ1v) is 12.7. The zero-order valence-corrected chi connectivity index (χ0v) is 20.4. The molecule has 0 radical (unpaired) electrons. The largest absolute Gasteiger partial charge is 0.418 e. The Morgan fingerprint density at radius 3 is 2.68 bits per heavy atom. The lowest BCUT2D eigenvalue weighted by Gasteiger charge is -2.24. The van der Waals surface area contributed by atoms with Gasteiger partial charge in [0.2, 0.25) is 0 Å². The van der Waals surface area contributed by atoms with Gasteiger partial charge in [0.05, 0.1) is 11.3 Å². The van der Waals surface area contributed by atoms with Gasteiger partial charge in [0, 0.05) is 33.3 Å². The Balaban J connectivity index is 2.00. The molecule has 196 valence electrons. The number of pyridine rings is 2. The molecule has 1 N–H and O–H groups in total. The molecule has 0 amide bonds. The van der Waals surface area contributed by atoms with Crippen LogP contribution in [0.25, 0.3) is 11.3 Å². The van der Waals surface area contributed by atoms with E-state index in [1.165, 1.54) is 31.2 Å². The lowest BCUT2D eigenvalue weighted by Crippen LogP contribution is -2.28. The predicted molar refractivity (Wildman–Crippen MR) is 135 cm³/mol. The summed E-state index contributed by atoms with van der Waals surface area (Å²) in [4.78, 5) is 20.6. The zero-order valence-electron chi connectivity index (χ0n) is 25.6. The van der Waals surface area contributed by atoms with E-state index in [2.05, 4.69) is 14.7 Å². The summed E-state index contributed by atoms with van der Waals surface area (Å²) in [7, 11) is -4.60. The molecule has 0 fully saturated rings. The normalized spacial score (nSPS) is 21.1. The second kappa shape index (κ2) is 10.9. The number of nitrogens with zero attached hydrogens (tertiary/aromatic N) is 3. The number of hydrogen-bond donors (Lipinski definition) is 1. The summed E-state index contributed by atoms with van der Waals surface area (Å²) in [5.74, 6) is -1.12. The Morgan fingerprint density at radius 2 is 1.92 bits per heavy atom. The van der Waals surface area contributed by atoms with E-state index < -0.39 is 81.6 Å². The van der Waals surface area contributed by atoms with E-state index in [0.29, 0.717) is 6.07 Å². The van der Waals surface area contributed by atoms with E-state index in [1.54, 1.807) is 0 Å². The number of Topliss-reactive ketones (excluding diaryl/α,β-unsaturated/α-hetero) is 1. The first-order valence-electron chi connectivity index (χ1n) is 14.2. The first kappa shape index (κ1) is 19.6. The standard InChI is InChI=1S/C26H27F3N4O3S/c1-18(34)8-7-17-33-16-5-4-10-19-9-2-3-11-20(19)25-21(26(27,28)29)14-15-22(30-25)32-37(35,36)24-13-6-12-23(33)31-24/h2-3,6,9,11-15H,4-5,7-8,10,16-17H2,1H3,(H,30,32)/i4D2,10D2,17D2. The number of alkyl halides is 3. The molecule has 3 aromatic rings. The van der Waals surface area contributed by atoms with E-state index in [1.807, 2.05) is 0 Å². The highest BCUT2D eigenvalue weighted by Crippen LogP contribution is 2.38. The van der Waals surface area contributed by atoms with Crippen LogP contribution in [0.15, 0.2) is 59.6 Å². The molecule has 4 rings (SSSR count). The summed E-state index contributed by atoms with van der Waals surface area (Å²) in [5.41, 5.74) is -3.00. The highest BCUT2D eigenvalue weighted by molar-refractivity contribution is 7.92. The fourth-order valence-electron chi connectivity index (χ4n) is 3.61. The fraction of sp³-hybridized carbons (Fsp3) is 0.346. The monoisotopic (exact) mass is 538 g/mol. The maximum Gasteiger partial charge on any atom is 0.418 e. The van der Waals surface area contributed by atoms with Gasteiger partial charge in [0.1, 0.15) is 17.4 Å². The number of halogens is 3. The minimum Gasteiger partial charge on any atom is -0.357 e. The quantitative estimate of drug-likeness (QED) is 0.473. The molecule has 0 saturated heterocycles. The van der Waals surface area contributed by atoms with E-state index in [4.69, 9.17) is 8.22 Å². The van der Waals surface area contributed by atoms with E-state index in [-0.39, 0.29) is 24.4 Å². The van der Waals surface area contributed by atoms with Crippen LogP contribution in [-0.2, 0) is 27.4 Å². The highest BCUT2D eigenvalue weighted by atomic mass is 32.2. The molecule has 2 aromatic heterocycles. The Bertz CT molecular complexity index is 1660. The van der Waals surface area contributed by atoms with Crippen molar-refractivity contribution in [1.82, 2.24) is 9.97 Å². The van der Waals surface area contributed by atoms with Gasteiger partial charge < -0.3 is 9.69 Å². The summed E-state index contributed by atoms with van der Waals surface area (Å²) < 4.78 is 123. The van der Waals surface area contributed by atoms with E-state index >= 15 is 0 Å². The van der Waals surface area contributed by atoms with Gasteiger partial charge in [-0.1, -0.05) is 30.3 Å². The number of carbonyl (C=O) groups excluding carboxylic acids is 1. The molecule has 0 atom stereocenters. The number of sulfonamides is 1. The third-order valence-electron chi connectivity index (χ3n) is 5.35. The van der Waals surface area contributed by atoms with Crippen LogP contribution in [0.4, 0.5) is 24.8 Å². The smallest absolute Gasteiger partial charge is 0.357 e. The van der Waals surface area contributed by atoms with Gasteiger partial charge in [-0.25, -0.2) is 9.97 Å². The topological polar surface area (TPSA) is 92.3 Å². The highest BCUT2D eigenvalue weighted by Gasteiger charge is 2.35. The number of nitrogens with one attached hydrogen (secondary N) is 1. The van der Waals surface area contributed by atoms with Crippen molar-refractivity contribution < 1.29 is 34.6 Å². The summed E-state index contributed by atoms with van der Waals surface area (Å²) in [5, 5.41) is -0.630. The minimum absolute atomic E-state index is 0.201. The molecule has 0 saturated carbocycles. The van der Waals surface area contributed by atoms with Crippen molar-refractivity contribution in [2.24, 2.45) is 0 Å². The average Bonchev–Trinajstić information content (AvgIpc) is 2.90. The summed E-state index contributed by atoms with van der Waals surface area (Å²) >= 11 is 0. The molecule has 0 aliphatic carbocycles. The summed E-state index contributed by atoms with van der Waals surface area (Å²) in [6.45, 7) is -1.64. The Hall–Kier alpha value is -3.47. The molecule has 0 spiro atoms. The van der Waals surface area contributed by atoms with Crippen molar-refractivity contribution in [1.29, 1.82) is 0 Å². The van der Waals surface area contributed by atoms with Gasteiger partial charge >= 0.3 is 6.18 Å². The number of aromatic nitrogens is 2. The number of carbonyl (C=O) groups is 1. The predicted octanol–water partition coefficient (Wildman–Crippen LogP) is 5.48. The number of benzene rings is 1. The summed E-state index contributed by atoms with van der Waals surface area (Å²) in [6.07, 6.45) is -12.0. The zero-order chi connectivity index (χ0) is 32.0. The molecule has 3 heterocycles. The number of hydrogen-bond acceptors (Lipinski definition) is 6. The Kier molecular flexibility index (Phi) is 5.77. The van der Waals surface area contributed by atoms with Gasteiger partial charge in [-0.2, -0.15) is 21.6 Å². The van der Waals surface area contributed by atoms with Crippen LogP contribution >= 0.6 is 0 Å². The molecule has 7 nitrogen and oxygen atoms in total. The van der Waals surface area contributed by atoms with Crippen LogP contribution in [0.2, 0.25) is 0 Å². The molecular weight excluding hydrogens is 505 g/mol. The van der Waals surface area contributed by atoms with Gasteiger partial charge in [-0.3, -0.25) is 4.72 Å². The number of fused-ring (bicyclic) bond motifs is 6. The van der Waals surface area contributed by atoms with Gasteiger partial charge in [0.15, 0.2) is 5.03 Å². The third kappa shape index (κ3) is 6.46. The van der Waals surface area contributed by atoms with Crippen molar-refractivity contribution >= 4 is 27.4 Å². The molecule has 11 heteroatoms. The lowest BCUT2D eigenvalue weighted by atomic mass is 9.96. The van der Waals surface area contributed by atoms with Crippen LogP contribution in [-0.4, -0.2) is 37.2 Å². The number of rotatable bonds is 4. The van der Waals surface area contributed by atoms with Crippen LogP contribution in [0.5, 0.6) is 0 Å². The Morgan fingerprint density at radius 1 is 1.14 bits per heavy atom. The van der Waals surface area contributed by atoms with Gasteiger partial charge in [-0.15, -0.1) is 0 Å². The van der Waals surface area contributed by atoms with E-state index in [0.717, 1.165) is 29.2 Å². The maximum absolute atomic E-state index is 14.1. The second-order valence-corrected chi connectivity index (χ2v) is 9.77. The first-order chi connectivity index (χ1) is 19.8. The van der Waals surface area contributed by atoms with E-state index in [9.17, 15) is 26.4 Å². The number of anilines is 2. The van der Waals surface area contributed by atoms with Crippen molar-refractivity contribution in [3.63, 3.8) is 0 Å². The molecule has 0 unspecified atom stereocenters. The third-order valence-corrected chi connectivity index (χ3v) is 6.60. The fourth-order valence-corrected chi connectivity index (χ4v) is 4.57. The van der Waals surface area contributed by atoms with Gasteiger partial charge in [0.25, 0.3) is 10.0 Å². The molecule has 37 heavy (non-hydrogen) atoms. The molecule has 1 aliphatic rings. The average molecular weight is 539 g/mol. The second-order valence-electron chi connectivity index (χ2n) is 8.14. The van der Waals surface area contributed by atoms with Crippen LogP contribution in [0, 0.1) is 0 Å². The van der Waals surface area contributed by atoms with Crippen molar-refractivity contribution in [2.75, 3.05) is 22.7 Å². The molecule has 1 aliphatic heterocycles. The van der Waals surface area contributed by atoms with Crippen molar-refractivity contribution in [3.8, 4) is 11.3 Å². The van der Waals surface area contributed by atoms with Crippen LogP contribution in [0.3, 0.4) is 0 Å². The number of ketones is 1. The lowest BCUT2D eigenvalue weighted by molar-refractivity contribution is -0.137.